The van der Waals surface area contributed by atoms with Crippen molar-refractivity contribution in [2.24, 2.45) is 0 Å². The standard InChI is InChI=1S/C3H4S3.HI/c4-3-5-1-2-6-3;/h1-2H2;1H. The Morgan fingerprint density at radius 1 is 1.29 bits per heavy atom. The molecule has 42 valence electrons. The zero-order valence-corrected chi connectivity index (χ0v) is 8.33. The minimum atomic E-state index is 0. The molecule has 0 aromatic rings. The smallest absolute Gasteiger partial charge is 0.104 e. The molecule has 0 aliphatic carbocycles. The summed E-state index contributed by atoms with van der Waals surface area (Å²) >= 11 is 8.43. The Kier molecular flexibility index (Phi) is 5.36. The molecule has 1 rings (SSSR count). The van der Waals surface area contributed by atoms with Gasteiger partial charge < -0.3 is 0 Å². The van der Waals surface area contributed by atoms with E-state index in [1.165, 1.54) is 11.5 Å². The summed E-state index contributed by atoms with van der Waals surface area (Å²) in [6, 6.07) is 0. The predicted octanol–water partition coefficient (Wildman–Crippen LogP) is 2.37. The second-order valence-electron chi connectivity index (χ2n) is 0.947. The van der Waals surface area contributed by atoms with E-state index in [9.17, 15) is 0 Å². The van der Waals surface area contributed by atoms with Gasteiger partial charge in [0.05, 0.1) is 0 Å². The lowest BCUT2D eigenvalue weighted by Crippen LogP contribution is -1.64. The van der Waals surface area contributed by atoms with Crippen LogP contribution in [0, 0.1) is 0 Å². The van der Waals surface area contributed by atoms with Crippen molar-refractivity contribution in [3.05, 3.63) is 0 Å². The molecule has 0 nitrogen and oxygen atoms in total. The zero-order chi connectivity index (χ0) is 4.41. The van der Waals surface area contributed by atoms with E-state index in [2.05, 4.69) is 0 Å². The zero-order valence-electron chi connectivity index (χ0n) is 3.55. The van der Waals surface area contributed by atoms with Crippen LogP contribution in [0.5, 0.6) is 0 Å². The van der Waals surface area contributed by atoms with Gasteiger partial charge in [-0.2, -0.15) is 0 Å². The van der Waals surface area contributed by atoms with Crippen LogP contribution in [0.2, 0.25) is 0 Å². The van der Waals surface area contributed by atoms with Crippen LogP contribution in [0.3, 0.4) is 0 Å². The molecule has 0 bridgehead atoms. The maximum Gasteiger partial charge on any atom is 0.104 e. The fourth-order valence-corrected chi connectivity index (χ4v) is 2.62. The summed E-state index contributed by atoms with van der Waals surface area (Å²) in [5.41, 5.74) is 0. The lowest BCUT2D eigenvalue weighted by molar-refractivity contribution is 1.59. The molecule has 1 saturated heterocycles. The highest BCUT2D eigenvalue weighted by atomic mass is 127. The molecule has 0 radical (unpaired) electrons. The van der Waals surface area contributed by atoms with Crippen LogP contribution in [0.25, 0.3) is 0 Å². The van der Waals surface area contributed by atoms with Crippen LogP contribution in [0.15, 0.2) is 0 Å². The first-order chi connectivity index (χ1) is 2.89. The number of thiocarbonyl (C=S) groups is 1. The Balaban J connectivity index is 0.000000360. The lowest BCUT2D eigenvalue weighted by Gasteiger charge is -1.75. The molecule has 7 heavy (non-hydrogen) atoms. The Bertz CT molecular complexity index is 64.6. The van der Waals surface area contributed by atoms with Crippen LogP contribution in [-0.2, 0) is 0 Å². The molecule has 0 unspecified atom stereocenters. The summed E-state index contributed by atoms with van der Waals surface area (Å²) < 4.78 is 1.12. The number of rotatable bonds is 0. The highest BCUT2D eigenvalue weighted by Gasteiger charge is 2.04. The van der Waals surface area contributed by atoms with Crippen molar-refractivity contribution in [1.82, 2.24) is 0 Å². The maximum atomic E-state index is 4.84. The quantitative estimate of drug-likeness (QED) is 0.487. The largest absolute Gasteiger partial charge is 0.107 e. The summed E-state index contributed by atoms with van der Waals surface area (Å²) in [4.78, 5) is 0. The molecule has 0 amide bonds. The van der Waals surface area contributed by atoms with Crippen LogP contribution in [0.4, 0.5) is 0 Å². The van der Waals surface area contributed by atoms with Crippen LogP contribution >= 0.6 is 59.7 Å². The summed E-state index contributed by atoms with van der Waals surface area (Å²) in [6.07, 6.45) is 0. The molecule has 0 saturated carbocycles. The second-order valence-corrected chi connectivity index (χ2v) is 4.34. The highest BCUT2D eigenvalue weighted by molar-refractivity contribution is 14.0. The van der Waals surface area contributed by atoms with Gasteiger partial charge in [0.25, 0.3) is 0 Å². The fourth-order valence-electron chi connectivity index (χ4n) is 0.292. The summed E-state index contributed by atoms with van der Waals surface area (Å²) in [5, 5.41) is 0. The third-order valence-corrected chi connectivity index (χ3v) is 3.48. The molecule has 0 atom stereocenters. The highest BCUT2D eigenvalue weighted by Crippen LogP contribution is 2.25. The molecular weight excluding hydrogens is 259 g/mol. The lowest BCUT2D eigenvalue weighted by atomic mass is 11.0. The monoisotopic (exact) mass is 264 g/mol. The first-order valence-electron chi connectivity index (χ1n) is 1.69. The van der Waals surface area contributed by atoms with E-state index in [1.807, 2.05) is 0 Å². The van der Waals surface area contributed by atoms with E-state index in [1.54, 1.807) is 23.5 Å². The SMILES string of the molecule is I.S=C1SCCS1. The molecular formula is C3H5IS3. The molecule has 1 heterocycles. The van der Waals surface area contributed by atoms with Gasteiger partial charge in [-0.25, -0.2) is 0 Å². The summed E-state index contributed by atoms with van der Waals surface area (Å²) in [6.45, 7) is 0. The average molecular weight is 264 g/mol. The number of hydrogen-bond acceptors (Lipinski definition) is 3. The van der Waals surface area contributed by atoms with Crippen molar-refractivity contribution in [3.8, 4) is 0 Å². The average Bonchev–Trinajstić information content (AvgIpc) is 1.86. The minimum absolute atomic E-state index is 0. The van der Waals surface area contributed by atoms with Crippen LogP contribution < -0.4 is 0 Å². The van der Waals surface area contributed by atoms with Gasteiger partial charge in [-0.05, 0) is 0 Å². The van der Waals surface area contributed by atoms with Crippen molar-refractivity contribution in [2.45, 2.75) is 0 Å². The van der Waals surface area contributed by atoms with E-state index in [-0.39, 0.29) is 24.0 Å². The molecule has 4 heteroatoms. The van der Waals surface area contributed by atoms with Gasteiger partial charge in [0.15, 0.2) is 0 Å². The third kappa shape index (κ3) is 3.16. The first kappa shape index (κ1) is 8.52. The summed E-state index contributed by atoms with van der Waals surface area (Å²) in [7, 11) is 0. The molecule has 0 aromatic carbocycles. The van der Waals surface area contributed by atoms with Gasteiger partial charge in [-0.15, -0.1) is 47.5 Å². The fraction of sp³-hybridized carbons (Fsp3) is 0.667. The molecule has 1 aliphatic heterocycles. The van der Waals surface area contributed by atoms with E-state index >= 15 is 0 Å². The van der Waals surface area contributed by atoms with Crippen LogP contribution in [-0.4, -0.2) is 15.0 Å². The molecule has 0 aromatic heterocycles. The third-order valence-electron chi connectivity index (χ3n) is 0.523. The van der Waals surface area contributed by atoms with E-state index in [0.29, 0.717) is 0 Å². The van der Waals surface area contributed by atoms with E-state index < -0.39 is 0 Å². The Hall–Kier alpha value is 1.52. The number of hydrogen-bond donors (Lipinski definition) is 0. The molecule has 1 fully saturated rings. The van der Waals surface area contributed by atoms with Gasteiger partial charge in [0.2, 0.25) is 0 Å². The molecule has 0 spiro atoms. The van der Waals surface area contributed by atoms with Gasteiger partial charge in [-0.1, -0.05) is 12.2 Å². The van der Waals surface area contributed by atoms with E-state index in [4.69, 9.17) is 12.2 Å². The van der Waals surface area contributed by atoms with Gasteiger partial charge in [0.1, 0.15) is 3.53 Å². The van der Waals surface area contributed by atoms with Crippen molar-refractivity contribution in [3.63, 3.8) is 0 Å². The number of halogens is 1. The minimum Gasteiger partial charge on any atom is -0.107 e. The van der Waals surface area contributed by atoms with E-state index in [0.717, 1.165) is 3.53 Å². The van der Waals surface area contributed by atoms with Gasteiger partial charge >= 0.3 is 0 Å². The second kappa shape index (κ2) is 4.40. The van der Waals surface area contributed by atoms with Crippen molar-refractivity contribution in [1.29, 1.82) is 0 Å². The van der Waals surface area contributed by atoms with Crippen molar-refractivity contribution in [2.75, 3.05) is 11.5 Å². The maximum absolute atomic E-state index is 4.84. The Labute approximate surface area is 74.2 Å². The number of thioether (sulfide) groups is 2. The molecule has 0 N–H and O–H groups in total. The molecule has 1 aliphatic rings. The normalized spacial score (nSPS) is 19.1. The van der Waals surface area contributed by atoms with Gasteiger partial charge in [-0.3, -0.25) is 0 Å². The van der Waals surface area contributed by atoms with Crippen LogP contribution in [0.1, 0.15) is 0 Å². The first-order valence-corrected chi connectivity index (χ1v) is 4.07. The summed E-state index contributed by atoms with van der Waals surface area (Å²) in [5.74, 6) is 2.45. The van der Waals surface area contributed by atoms with Crippen molar-refractivity contribution >= 4 is 63.2 Å². The topological polar surface area (TPSA) is 0 Å². The Morgan fingerprint density at radius 3 is 1.86 bits per heavy atom. The van der Waals surface area contributed by atoms with Crippen molar-refractivity contribution < 1.29 is 0 Å². The van der Waals surface area contributed by atoms with Gasteiger partial charge in [0, 0.05) is 11.5 Å². The Morgan fingerprint density at radius 2 is 1.71 bits per heavy atom. The predicted molar refractivity (Wildman–Crippen MR) is 52.9 cm³/mol.